The smallest absolute Gasteiger partial charge is 0.277 e. The lowest BCUT2D eigenvalue weighted by Gasteiger charge is -2.28. The van der Waals surface area contributed by atoms with Gasteiger partial charge in [-0.2, -0.15) is 0 Å². The first-order chi connectivity index (χ1) is 7.57. The number of rotatable bonds is 4. The molecule has 1 fully saturated rings. The van der Waals surface area contributed by atoms with E-state index in [9.17, 15) is 14.4 Å². The first kappa shape index (κ1) is 12.2. The molecule has 1 unspecified atom stereocenters. The molecule has 0 spiro atoms. The van der Waals surface area contributed by atoms with Gasteiger partial charge in [-0.05, 0) is 19.8 Å². The molecule has 86 valence electrons. The Balaban J connectivity index is 2.52. The van der Waals surface area contributed by atoms with Gasteiger partial charge < -0.3 is 0 Å². The zero-order valence-electron chi connectivity index (χ0n) is 9.16. The molecule has 1 rings (SSSR count). The second-order valence-electron chi connectivity index (χ2n) is 3.67. The number of urea groups is 1. The summed E-state index contributed by atoms with van der Waals surface area (Å²) in [7, 11) is 0. The van der Waals surface area contributed by atoms with Crippen molar-refractivity contribution in [3.05, 3.63) is 0 Å². The van der Waals surface area contributed by atoms with Crippen molar-refractivity contribution in [2.75, 3.05) is 6.54 Å². The monoisotopic (exact) mass is 222 g/mol. The summed E-state index contributed by atoms with van der Waals surface area (Å²) in [6.45, 7) is 1.79. The fourth-order valence-electron chi connectivity index (χ4n) is 1.44. The van der Waals surface area contributed by atoms with Crippen molar-refractivity contribution < 1.29 is 14.4 Å². The molecule has 5 nitrogen and oxygen atoms in total. The molecule has 0 aromatic carbocycles. The van der Waals surface area contributed by atoms with Gasteiger partial charge in [0.05, 0.1) is 0 Å². The van der Waals surface area contributed by atoms with Crippen LogP contribution < -0.4 is 5.32 Å². The summed E-state index contributed by atoms with van der Waals surface area (Å²) in [6.07, 6.45) is 7.13. The summed E-state index contributed by atoms with van der Waals surface area (Å²) in [6, 6.07) is -0.631. The van der Waals surface area contributed by atoms with E-state index < -0.39 is 23.8 Å². The predicted molar refractivity (Wildman–Crippen MR) is 57.1 cm³/mol. The molecule has 0 radical (unpaired) electrons. The highest BCUT2D eigenvalue weighted by molar-refractivity contribution is 6.15. The van der Waals surface area contributed by atoms with Crippen molar-refractivity contribution in [2.24, 2.45) is 5.92 Å². The molecule has 0 aromatic heterocycles. The van der Waals surface area contributed by atoms with Crippen LogP contribution in [0, 0.1) is 18.3 Å². The number of nitrogens with zero attached hydrogens (tertiary/aromatic N) is 1. The Morgan fingerprint density at radius 3 is 2.69 bits per heavy atom. The quantitative estimate of drug-likeness (QED) is 0.428. The average molecular weight is 222 g/mol. The van der Waals surface area contributed by atoms with Crippen molar-refractivity contribution in [3.8, 4) is 12.3 Å². The van der Waals surface area contributed by atoms with E-state index in [1.165, 1.54) is 6.92 Å². The first-order valence-corrected chi connectivity index (χ1v) is 5.17. The molecule has 0 bridgehead atoms. The van der Waals surface area contributed by atoms with Crippen LogP contribution >= 0.6 is 0 Å². The standard InChI is InChI=1S/C11H14N2O3/c1-3-4-5-6-7-13-10(15)8(2)9(14)12-11(13)16/h1,8H,4-7H2,2H3,(H,12,14,16). The molecule has 16 heavy (non-hydrogen) atoms. The van der Waals surface area contributed by atoms with Crippen LogP contribution in [0.2, 0.25) is 0 Å². The highest BCUT2D eigenvalue weighted by atomic mass is 16.2. The summed E-state index contributed by atoms with van der Waals surface area (Å²) >= 11 is 0. The third kappa shape index (κ3) is 2.60. The molecular weight excluding hydrogens is 208 g/mol. The number of carbonyl (C=O) groups excluding carboxylic acids is 3. The van der Waals surface area contributed by atoms with Gasteiger partial charge in [0.1, 0.15) is 5.92 Å². The van der Waals surface area contributed by atoms with Gasteiger partial charge in [0.25, 0.3) is 0 Å². The van der Waals surface area contributed by atoms with Crippen molar-refractivity contribution in [1.82, 2.24) is 10.2 Å². The van der Waals surface area contributed by atoms with Crippen molar-refractivity contribution in [2.45, 2.75) is 26.2 Å². The van der Waals surface area contributed by atoms with Gasteiger partial charge in [0.2, 0.25) is 11.8 Å². The van der Waals surface area contributed by atoms with Crippen LogP contribution in [0.4, 0.5) is 4.79 Å². The molecule has 0 aromatic rings. The molecule has 0 saturated carbocycles. The number of hydrogen-bond acceptors (Lipinski definition) is 3. The minimum Gasteiger partial charge on any atom is -0.277 e. The lowest BCUT2D eigenvalue weighted by molar-refractivity contribution is -0.141. The Morgan fingerprint density at radius 1 is 1.38 bits per heavy atom. The number of amides is 4. The third-order valence-corrected chi connectivity index (χ3v) is 2.46. The van der Waals surface area contributed by atoms with E-state index in [2.05, 4.69) is 11.2 Å². The van der Waals surface area contributed by atoms with Crippen LogP contribution in [0.1, 0.15) is 26.2 Å². The number of unbranched alkanes of at least 4 members (excludes halogenated alkanes) is 2. The summed E-state index contributed by atoms with van der Waals surface area (Å²) in [5.41, 5.74) is 0. The van der Waals surface area contributed by atoms with Gasteiger partial charge in [-0.15, -0.1) is 12.3 Å². The van der Waals surface area contributed by atoms with Crippen LogP contribution in [0.15, 0.2) is 0 Å². The van der Waals surface area contributed by atoms with Crippen molar-refractivity contribution in [3.63, 3.8) is 0 Å². The Hall–Kier alpha value is -1.83. The van der Waals surface area contributed by atoms with Crippen molar-refractivity contribution in [1.29, 1.82) is 0 Å². The zero-order valence-corrected chi connectivity index (χ0v) is 9.16. The van der Waals surface area contributed by atoms with E-state index in [-0.39, 0.29) is 0 Å². The Kier molecular flexibility index (Phi) is 4.06. The molecule has 1 aliphatic heterocycles. The van der Waals surface area contributed by atoms with Gasteiger partial charge in [-0.3, -0.25) is 19.8 Å². The number of carbonyl (C=O) groups is 3. The van der Waals surface area contributed by atoms with Gasteiger partial charge in [0, 0.05) is 13.0 Å². The molecule has 1 N–H and O–H groups in total. The molecule has 1 atom stereocenters. The maximum Gasteiger partial charge on any atom is 0.330 e. The maximum absolute atomic E-state index is 11.6. The SMILES string of the molecule is C#CCCCCN1C(=O)NC(=O)C(C)C1=O. The molecular formula is C11H14N2O3. The maximum atomic E-state index is 11.6. The highest BCUT2D eigenvalue weighted by Gasteiger charge is 2.36. The van der Waals surface area contributed by atoms with Gasteiger partial charge in [0.15, 0.2) is 0 Å². The third-order valence-electron chi connectivity index (χ3n) is 2.46. The van der Waals surface area contributed by atoms with Crippen molar-refractivity contribution >= 4 is 17.8 Å². The van der Waals surface area contributed by atoms with Gasteiger partial charge in [-0.1, -0.05) is 0 Å². The van der Waals surface area contributed by atoms with Gasteiger partial charge >= 0.3 is 6.03 Å². The number of imide groups is 2. The molecule has 1 aliphatic rings. The van der Waals surface area contributed by atoms with Crippen LogP contribution in [0.25, 0.3) is 0 Å². The number of nitrogens with one attached hydrogen (secondary N) is 1. The Labute approximate surface area is 94.2 Å². The van der Waals surface area contributed by atoms with Gasteiger partial charge in [-0.25, -0.2) is 4.79 Å². The minimum absolute atomic E-state index is 0.309. The number of terminal acetylenes is 1. The highest BCUT2D eigenvalue weighted by Crippen LogP contribution is 2.10. The predicted octanol–water partition coefficient (Wildman–Crippen LogP) is 0.504. The first-order valence-electron chi connectivity index (χ1n) is 5.17. The summed E-state index contributed by atoms with van der Waals surface area (Å²) in [4.78, 5) is 35.2. The van der Waals surface area contributed by atoms with Crippen LogP contribution in [-0.2, 0) is 9.59 Å². The van der Waals surface area contributed by atoms with E-state index in [4.69, 9.17) is 6.42 Å². The Morgan fingerprint density at radius 2 is 2.06 bits per heavy atom. The molecule has 1 saturated heterocycles. The number of hydrogen-bond donors (Lipinski definition) is 1. The van der Waals surface area contributed by atoms with E-state index in [0.29, 0.717) is 19.4 Å². The lowest BCUT2D eigenvalue weighted by Crippen LogP contribution is -2.57. The van der Waals surface area contributed by atoms with Crippen LogP contribution in [-0.4, -0.2) is 29.3 Å². The van der Waals surface area contributed by atoms with E-state index in [1.807, 2.05) is 0 Å². The summed E-state index contributed by atoms with van der Waals surface area (Å²) < 4.78 is 0. The summed E-state index contributed by atoms with van der Waals surface area (Å²) in [5.74, 6) is 0.731. The second-order valence-corrected chi connectivity index (χ2v) is 3.67. The molecule has 5 heteroatoms. The minimum atomic E-state index is -0.787. The lowest BCUT2D eigenvalue weighted by atomic mass is 10.1. The molecule has 4 amide bonds. The summed E-state index contributed by atoms with van der Waals surface area (Å²) in [5, 5.41) is 2.14. The van der Waals surface area contributed by atoms with Crippen LogP contribution in [0.5, 0.6) is 0 Å². The topological polar surface area (TPSA) is 66.5 Å². The van der Waals surface area contributed by atoms with E-state index in [1.54, 1.807) is 0 Å². The van der Waals surface area contributed by atoms with Crippen LogP contribution in [0.3, 0.4) is 0 Å². The normalized spacial score (nSPS) is 20.6. The largest absolute Gasteiger partial charge is 0.330 e. The fourth-order valence-corrected chi connectivity index (χ4v) is 1.44. The van der Waals surface area contributed by atoms with E-state index >= 15 is 0 Å². The Bertz CT molecular complexity index is 357. The average Bonchev–Trinajstić information content (AvgIpc) is 2.25. The zero-order chi connectivity index (χ0) is 12.1. The molecule has 1 heterocycles. The number of barbiturate groups is 1. The van der Waals surface area contributed by atoms with E-state index in [0.717, 1.165) is 11.3 Å². The second kappa shape index (κ2) is 5.31. The molecule has 0 aliphatic carbocycles. The fraction of sp³-hybridized carbons (Fsp3) is 0.545.